The van der Waals surface area contributed by atoms with Gasteiger partial charge in [0.15, 0.2) is 0 Å². The molecule has 0 spiro atoms. The molecule has 0 heterocycles. The molecular weight excluding hydrogens is 217 g/mol. The van der Waals surface area contributed by atoms with E-state index >= 15 is 0 Å². The highest BCUT2D eigenvalue weighted by molar-refractivity contribution is 6.34. The number of hydrogen-bond donors (Lipinski definition) is 1. The second-order valence-electron chi connectivity index (χ2n) is 4.83. The predicted molar refractivity (Wildman–Crippen MR) is 58.9 cm³/mol. The van der Waals surface area contributed by atoms with Crippen LogP contribution in [0.25, 0.3) is 0 Å². The van der Waals surface area contributed by atoms with Crippen molar-refractivity contribution >= 4 is 23.2 Å². The Morgan fingerprint density at radius 1 is 1.00 bits per heavy atom. The zero-order valence-corrected chi connectivity index (χ0v) is 9.20. The molecule has 14 heavy (non-hydrogen) atoms. The Labute approximate surface area is 93.2 Å². The van der Waals surface area contributed by atoms with Gasteiger partial charge in [0.25, 0.3) is 0 Å². The van der Waals surface area contributed by atoms with Crippen LogP contribution in [0, 0.1) is 0 Å². The van der Waals surface area contributed by atoms with Crippen molar-refractivity contribution in [1.82, 2.24) is 0 Å². The fourth-order valence-corrected chi connectivity index (χ4v) is 3.56. The number of rotatable bonds is 1. The van der Waals surface area contributed by atoms with Crippen LogP contribution in [0.2, 0.25) is 10.0 Å². The number of hydrogen-bond acceptors (Lipinski definition) is 1. The van der Waals surface area contributed by atoms with Crippen LogP contribution in [0.1, 0.15) is 24.8 Å². The summed E-state index contributed by atoms with van der Waals surface area (Å²) in [5, 5.41) is 1.45. The third kappa shape index (κ3) is 1.06. The van der Waals surface area contributed by atoms with Gasteiger partial charge in [0.05, 0.1) is 0 Å². The number of nitrogens with two attached hydrogens (primary N) is 1. The Kier molecular flexibility index (Phi) is 1.59. The molecule has 0 unspecified atom stereocenters. The summed E-state index contributed by atoms with van der Waals surface area (Å²) in [6.07, 6.45) is 3.28. The van der Waals surface area contributed by atoms with Gasteiger partial charge in [-0.15, -0.1) is 0 Å². The van der Waals surface area contributed by atoms with Gasteiger partial charge in [0.2, 0.25) is 0 Å². The van der Waals surface area contributed by atoms with Gasteiger partial charge in [-0.3, -0.25) is 0 Å². The molecule has 2 bridgehead atoms. The molecule has 1 aromatic carbocycles. The van der Waals surface area contributed by atoms with Crippen LogP contribution in [0.15, 0.2) is 18.2 Å². The topological polar surface area (TPSA) is 26.0 Å². The van der Waals surface area contributed by atoms with Crippen LogP contribution in [-0.4, -0.2) is 5.54 Å². The van der Waals surface area contributed by atoms with E-state index in [0.29, 0.717) is 5.41 Å². The van der Waals surface area contributed by atoms with Crippen LogP contribution in [-0.2, 0) is 5.41 Å². The van der Waals surface area contributed by atoms with Gasteiger partial charge in [-0.25, -0.2) is 0 Å². The third-order valence-electron chi connectivity index (χ3n) is 3.55. The lowest BCUT2D eigenvalue weighted by Gasteiger charge is -2.69. The molecular formula is C11H11Cl2N. The molecule has 0 aliphatic heterocycles. The average molecular weight is 228 g/mol. The zero-order valence-electron chi connectivity index (χ0n) is 7.69. The molecule has 3 heteroatoms. The van der Waals surface area contributed by atoms with E-state index in [1.165, 1.54) is 5.56 Å². The quantitative estimate of drug-likeness (QED) is 0.785. The maximum absolute atomic E-state index is 6.02. The molecule has 0 aromatic heterocycles. The molecule has 2 N–H and O–H groups in total. The molecule has 0 radical (unpaired) electrons. The molecule has 3 saturated carbocycles. The van der Waals surface area contributed by atoms with Crippen LogP contribution in [0.5, 0.6) is 0 Å². The first kappa shape index (κ1) is 9.02. The highest BCUT2D eigenvalue weighted by atomic mass is 35.5. The molecule has 74 valence electrons. The Balaban J connectivity index is 1.98. The van der Waals surface area contributed by atoms with E-state index in [2.05, 4.69) is 0 Å². The van der Waals surface area contributed by atoms with Crippen molar-refractivity contribution in [3.63, 3.8) is 0 Å². The highest BCUT2D eigenvalue weighted by Gasteiger charge is 2.66. The smallest absolute Gasteiger partial charge is 0.0423 e. The predicted octanol–water partition coefficient (Wildman–Crippen LogP) is 3.13. The fraction of sp³-hybridized carbons (Fsp3) is 0.455. The first-order valence-corrected chi connectivity index (χ1v) is 5.53. The lowest BCUT2D eigenvalue weighted by molar-refractivity contribution is -0.0589. The summed E-state index contributed by atoms with van der Waals surface area (Å²) in [7, 11) is 0. The third-order valence-corrected chi connectivity index (χ3v) is 3.98. The van der Waals surface area contributed by atoms with Gasteiger partial charge in [-0.05, 0) is 43.0 Å². The van der Waals surface area contributed by atoms with E-state index < -0.39 is 0 Å². The Morgan fingerprint density at radius 3 is 1.93 bits per heavy atom. The summed E-state index contributed by atoms with van der Waals surface area (Å²) in [6, 6.07) is 5.81. The average Bonchev–Trinajstić information content (AvgIpc) is 1.94. The maximum atomic E-state index is 6.02. The van der Waals surface area contributed by atoms with Crippen LogP contribution in [0.3, 0.4) is 0 Å². The molecule has 1 nitrogen and oxygen atoms in total. The van der Waals surface area contributed by atoms with Gasteiger partial charge >= 0.3 is 0 Å². The summed E-state index contributed by atoms with van der Waals surface area (Å²) in [4.78, 5) is 0. The minimum atomic E-state index is 0.134. The van der Waals surface area contributed by atoms with Crippen LogP contribution < -0.4 is 5.73 Å². The number of benzene rings is 1. The Morgan fingerprint density at radius 2 is 1.50 bits per heavy atom. The van der Waals surface area contributed by atoms with E-state index in [9.17, 15) is 0 Å². The minimum Gasteiger partial charge on any atom is -0.325 e. The summed E-state index contributed by atoms with van der Waals surface area (Å²) < 4.78 is 0. The molecule has 3 fully saturated rings. The van der Waals surface area contributed by atoms with E-state index in [1.807, 2.05) is 12.1 Å². The number of halogens is 2. The standard InChI is InChI=1S/C11H11Cl2N/c12-8-1-7(2-9(13)3-8)10-4-11(14,5-10)6-10/h1-3H,4-6,14H2. The fourth-order valence-electron chi connectivity index (χ4n) is 3.03. The van der Waals surface area contributed by atoms with Gasteiger partial charge < -0.3 is 5.73 Å². The first-order chi connectivity index (χ1) is 6.51. The molecule has 3 aliphatic carbocycles. The van der Waals surface area contributed by atoms with Crippen LogP contribution in [0.4, 0.5) is 0 Å². The molecule has 0 amide bonds. The van der Waals surface area contributed by atoms with Crippen molar-refractivity contribution in [2.24, 2.45) is 5.73 Å². The monoisotopic (exact) mass is 227 g/mol. The second kappa shape index (κ2) is 2.46. The van der Waals surface area contributed by atoms with E-state index in [4.69, 9.17) is 28.9 Å². The molecule has 1 aromatic rings. The first-order valence-electron chi connectivity index (χ1n) is 4.77. The summed E-state index contributed by atoms with van der Waals surface area (Å²) in [5.74, 6) is 0. The largest absolute Gasteiger partial charge is 0.325 e. The van der Waals surface area contributed by atoms with E-state index in [0.717, 1.165) is 29.3 Å². The Hall–Kier alpha value is -0.240. The summed E-state index contributed by atoms with van der Waals surface area (Å²) in [5.41, 5.74) is 7.73. The maximum Gasteiger partial charge on any atom is 0.0423 e. The molecule has 0 atom stereocenters. The lowest BCUT2D eigenvalue weighted by atomic mass is 9.38. The zero-order chi connectivity index (χ0) is 9.97. The Bertz CT molecular complexity index is 374. The van der Waals surface area contributed by atoms with Gasteiger partial charge in [-0.2, -0.15) is 0 Å². The van der Waals surface area contributed by atoms with Crippen molar-refractivity contribution in [3.8, 4) is 0 Å². The minimum absolute atomic E-state index is 0.134. The van der Waals surface area contributed by atoms with E-state index in [1.54, 1.807) is 6.07 Å². The molecule has 4 rings (SSSR count). The normalized spacial score (nSPS) is 38.8. The van der Waals surface area contributed by atoms with E-state index in [-0.39, 0.29) is 5.54 Å². The SMILES string of the molecule is NC12CC(c3cc(Cl)cc(Cl)c3)(C1)C2. The summed E-state index contributed by atoms with van der Waals surface area (Å²) in [6.45, 7) is 0. The van der Waals surface area contributed by atoms with Gasteiger partial charge in [0.1, 0.15) is 0 Å². The van der Waals surface area contributed by atoms with Crippen molar-refractivity contribution < 1.29 is 0 Å². The van der Waals surface area contributed by atoms with Crippen molar-refractivity contribution in [2.45, 2.75) is 30.2 Å². The second-order valence-corrected chi connectivity index (χ2v) is 5.70. The van der Waals surface area contributed by atoms with Gasteiger partial charge in [0, 0.05) is 21.0 Å². The van der Waals surface area contributed by atoms with Crippen LogP contribution >= 0.6 is 23.2 Å². The lowest BCUT2D eigenvalue weighted by Crippen LogP contribution is -2.74. The molecule has 0 saturated heterocycles. The van der Waals surface area contributed by atoms with Crippen molar-refractivity contribution in [2.75, 3.05) is 0 Å². The highest BCUT2D eigenvalue weighted by Crippen LogP contribution is 2.66. The van der Waals surface area contributed by atoms with Crippen molar-refractivity contribution in [1.29, 1.82) is 0 Å². The molecule has 3 aliphatic rings. The van der Waals surface area contributed by atoms with Gasteiger partial charge in [-0.1, -0.05) is 23.2 Å². The van der Waals surface area contributed by atoms with Crippen molar-refractivity contribution in [3.05, 3.63) is 33.8 Å². The summed E-state index contributed by atoms with van der Waals surface area (Å²) >= 11 is 11.9.